The molecule has 1 aromatic carbocycles. The zero-order valence-electron chi connectivity index (χ0n) is 8.91. The Labute approximate surface area is 104 Å². The second-order valence-corrected chi connectivity index (χ2v) is 5.72. The number of anilines is 1. The smallest absolute Gasteiger partial charge is 0.255 e. The van der Waals surface area contributed by atoms with Gasteiger partial charge in [0.15, 0.2) is 0 Å². The summed E-state index contributed by atoms with van der Waals surface area (Å²) in [5.74, 6) is 0. The van der Waals surface area contributed by atoms with Crippen LogP contribution in [-0.2, 0) is 10.0 Å². The second-order valence-electron chi connectivity index (χ2n) is 3.37. The van der Waals surface area contributed by atoms with E-state index in [9.17, 15) is 8.42 Å². The summed E-state index contributed by atoms with van der Waals surface area (Å²) in [6.07, 6.45) is 1.56. The van der Waals surface area contributed by atoms with Crippen molar-refractivity contribution in [2.75, 3.05) is 4.72 Å². The lowest BCUT2D eigenvalue weighted by molar-refractivity contribution is 0.609. The summed E-state index contributed by atoms with van der Waals surface area (Å²) in [4.78, 5) is 0. The molecule has 17 heavy (non-hydrogen) atoms. The first kappa shape index (κ1) is 11.9. The van der Waals surface area contributed by atoms with Gasteiger partial charge in [-0.2, -0.15) is 11.3 Å². The fourth-order valence-electron chi connectivity index (χ4n) is 1.25. The van der Waals surface area contributed by atoms with E-state index in [1.54, 1.807) is 17.5 Å². The molecule has 0 unspecified atom stereocenters. The van der Waals surface area contributed by atoms with Gasteiger partial charge >= 0.3 is 0 Å². The number of nitrogens with one attached hydrogen (secondary N) is 1. The van der Waals surface area contributed by atoms with Crippen molar-refractivity contribution < 1.29 is 8.42 Å². The van der Waals surface area contributed by atoms with Gasteiger partial charge in [0.1, 0.15) is 0 Å². The van der Waals surface area contributed by atoms with E-state index in [1.807, 2.05) is 35.7 Å². The van der Waals surface area contributed by atoms with Crippen LogP contribution in [0.1, 0.15) is 5.56 Å². The summed E-state index contributed by atoms with van der Waals surface area (Å²) in [5, 5.41) is 4.73. The van der Waals surface area contributed by atoms with Crippen LogP contribution in [0.5, 0.6) is 0 Å². The third-order valence-electron chi connectivity index (χ3n) is 2.02. The van der Waals surface area contributed by atoms with Crippen LogP contribution in [0.4, 0.5) is 5.69 Å². The average Bonchev–Trinajstić information content (AvgIpc) is 2.80. The Morgan fingerprint density at radius 1 is 1.12 bits per heavy atom. The van der Waals surface area contributed by atoms with Gasteiger partial charge in [-0.25, -0.2) is 8.42 Å². The van der Waals surface area contributed by atoms with Gasteiger partial charge in [-0.3, -0.25) is 4.72 Å². The monoisotopic (exact) mass is 265 g/mol. The minimum Gasteiger partial charge on any atom is -0.279 e. The van der Waals surface area contributed by atoms with Gasteiger partial charge in [0.25, 0.3) is 10.0 Å². The van der Waals surface area contributed by atoms with Crippen LogP contribution in [0, 0.1) is 0 Å². The highest BCUT2D eigenvalue weighted by Crippen LogP contribution is 2.14. The van der Waals surface area contributed by atoms with Gasteiger partial charge in [-0.05, 0) is 23.1 Å². The molecule has 0 spiro atoms. The number of benzene rings is 1. The summed E-state index contributed by atoms with van der Waals surface area (Å²) in [5.41, 5.74) is 1.44. The fraction of sp³-hybridized carbons (Fsp3) is 0. The lowest BCUT2D eigenvalue weighted by Crippen LogP contribution is -2.07. The molecule has 0 radical (unpaired) electrons. The van der Waals surface area contributed by atoms with Crippen LogP contribution in [-0.4, -0.2) is 8.42 Å². The quantitative estimate of drug-likeness (QED) is 0.923. The third kappa shape index (κ3) is 3.72. The van der Waals surface area contributed by atoms with Crippen LogP contribution in [0.3, 0.4) is 0 Å². The van der Waals surface area contributed by atoms with Crippen molar-refractivity contribution >= 4 is 33.1 Å². The highest BCUT2D eigenvalue weighted by Gasteiger charge is 2.04. The van der Waals surface area contributed by atoms with Crippen LogP contribution in [0.2, 0.25) is 0 Å². The van der Waals surface area contributed by atoms with Gasteiger partial charge in [0, 0.05) is 5.38 Å². The molecule has 0 aliphatic rings. The molecule has 2 rings (SSSR count). The van der Waals surface area contributed by atoms with Crippen LogP contribution >= 0.6 is 11.3 Å². The molecule has 0 atom stereocenters. The Balaban J connectivity index is 2.10. The molecule has 1 heterocycles. The maximum absolute atomic E-state index is 11.7. The maximum atomic E-state index is 11.7. The lowest BCUT2D eigenvalue weighted by atomic mass is 10.2. The second kappa shape index (κ2) is 5.16. The van der Waals surface area contributed by atoms with Gasteiger partial charge in [-0.1, -0.05) is 30.3 Å². The van der Waals surface area contributed by atoms with Gasteiger partial charge in [0.2, 0.25) is 0 Å². The van der Waals surface area contributed by atoms with E-state index in [1.165, 1.54) is 16.7 Å². The summed E-state index contributed by atoms with van der Waals surface area (Å²) < 4.78 is 25.8. The zero-order chi connectivity index (χ0) is 12.1. The topological polar surface area (TPSA) is 46.2 Å². The van der Waals surface area contributed by atoms with Gasteiger partial charge in [-0.15, -0.1) is 0 Å². The minimum absolute atomic E-state index is 0.590. The number of thiophene rings is 1. The molecule has 0 saturated carbocycles. The number of sulfonamides is 1. The Morgan fingerprint density at radius 2 is 1.88 bits per heavy atom. The molecule has 0 fully saturated rings. The normalized spacial score (nSPS) is 11.8. The molecule has 3 nitrogen and oxygen atoms in total. The van der Waals surface area contributed by atoms with Crippen molar-refractivity contribution in [1.82, 2.24) is 0 Å². The first-order valence-corrected chi connectivity index (χ1v) is 7.43. The molecule has 0 aliphatic carbocycles. The van der Waals surface area contributed by atoms with Crippen molar-refractivity contribution in [1.29, 1.82) is 0 Å². The minimum atomic E-state index is -3.43. The highest BCUT2D eigenvalue weighted by molar-refractivity contribution is 7.95. The highest BCUT2D eigenvalue weighted by atomic mass is 32.2. The third-order valence-corrected chi connectivity index (χ3v) is 3.72. The van der Waals surface area contributed by atoms with Crippen molar-refractivity contribution in [2.24, 2.45) is 0 Å². The molecule has 2 aromatic rings. The maximum Gasteiger partial charge on any atom is 0.255 e. The first-order chi connectivity index (χ1) is 8.16. The van der Waals surface area contributed by atoms with E-state index < -0.39 is 10.0 Å². The Morgan fingerprint density at radius 3 is 2.53 bits per heavy atom. The molecule has 0 bridgehead atoms. The molecule has 1 aromatic heterocycles. The van der Waals surface area contributed by atoms with Crippen molar-refractivity contribution in [3.63, 3.8) is 0 Å². The van der Waals surface area contributed by atoms with Crippen molar-refractivity contribution in [3.8, 4) is 0 Å². The summed E-state index contributed by atoms with van der Waals surface area (Å²) in [6, 6.07) is 11.0. The van der Waals surface area contributed by atoms with E-state index in [2.05, 4.69) is 4.72 Å². The summed E-state index contributed by atoms with van der Waals surface area (Å²) >= 11 is 1.44. The molecule has 5 heteroatoms. The molecule has 1 N–H and O–H groups in total. The molecular weight excluding hydrogens is 254 g/mol. The Bertz CT molecular complexity index is 587. The van der Waals surface area contributed by atoms with Crippen LogP contribution in [0.15, 0.2) is 52.6 Å². The Hall–Kier alpha value is -1.59. The summed E-state index contributed by atoms with van der Waals surface area (Å²) in [6.45, 7) is 0. The molecule has 88 valence electrons. The standard InChI is InChI=1S/C12H11NO2S2/c14-17(15,13-12-6-8-16-10-12)9-7-11-4-2-1-3-5-11/h1-10,13H/b9-7-. The van der Waals surface area contributed by atoms with Crippen LogP contribution < -0.4 is 4.72 Å². The van der Waals surface area contributed by atoms with E-state index in [0.29, 0.717) is 5.69 Å². The number of hydrogen-bond donors (Lipinski definition) is 1. The summed E-state index contributed by atoms with van der Waals surface area (Å²) in [7, 11) is -3.43. The zero-order valence-corrected chi connectivity index (χ0v) is 10.5. The van der Waals surface area contributed by atoms with Gasteiger partial charge in [0.05, 0.1) is 11.1 Å². The number of rotatable bonds is 4. The first-order valence-electron chi connectivity index (χ1n) is 4.94. The SMILES string of the molecule is O=S(=O)(/C=C\c1ccccc1)Nc1ccsc1. The average molecular weight is 265 g/mol. The van der Waals surface area contributed by atoms with Gasteiger partial charge < -0.3 is 0 Å². The van der Waals surface area contributed by atoms with Crippen LogP contribution in [0.25, 0.3) is 6.08 Å². The lowest BCUT2D eigenvalue weighted by Gasteiger charge is -2.00. The predicted molar refractivity (Wildman–Crippen MR) is 72.3 cm³/mol. The van der Waals surface area contributed by atoms with Crippen molar-refractivity contribution in [3.05, 3.63) is 58.1 Å². The van der Waals surface area contributed by atoms with E-state index in [-0.39, 0.29) is 0 Å². The van der Waals surface area contributed by atoms with E-state index >= 15 is 0 Å². The molecule has 0 aliphatic heterocycles. The van der Waals surface area contributed by atoms with Crippen molar-refractivity contribution in [2.45, 2.75) is 0 Å². The van der Waals surface area contributed by atoms with E-state index in [0.717, 1.165) is 5.56 Å². The van der Waals surface area contributed by atoms with E-state index in [4.69, 9.17) is 0 Å². The fourth-order valence-corrected chi connectivity index (χ4v) is 2.78. The molecule has 0 amide bonds. The number of hydrogen-bond acceptors (Lipinski definition) is 3. The Kier molecular flexibility index (Phi) is 3.61. The largest absolute Gasteiger partial charge is 0.279 e. The predicted octanol–water partition coefficient (Wildman–Crippen LogP) is 3.16. The molecular formula is C12H11NO2S2. The molecule has 0 saturated heterocycles.